The summed E-state index contributed by atoms with van der Waals surface area (Å²) in [4.78, 5) is 11.4. The van der Waals surface area contributed by atoms with Gasteiger partial charge in [-0.1, -0.05) is 13.3 Å². The fourth-order valence-electron chi connectivity index (χ4n) is 2.14. The van der Waals surface area contributed by atoms with Gasteiger partial charge in [0, 0.05) is 13.1 Å². The average molecular weight is 346 g/mol. The highest BCUT2D eigenvalue weighted by Crippen LogP contribution is 2.23. The van der Waals surface area contributed by atoms with Gasteiger partial charge in [-0.15, -0.1) is 0 Å². The zero-order valence-corrected chi connectivity index (χ0v) is 12.4. The van der Waals surface area contributed by atoms with Crippen molar-refractivity contribution in [3.05, 3.63) is 9.26 Å². The van der Waals surface area contributed by atoms with E-state index in [4.69, 9.17) is 5.73 Å². The Labute approximate surface area is 116 Å². The zero-order chi connectivity index (χ0) is 12.3. The van der Waals surface area contributed by atoms with Gasteiger partial charge in [-0.05, 0) is 48.3 Å². The lowest BCUT2D eigenvalue weighted by molar-refractivity contribution is 0.567. The topological polar surface area (TPSA) is 55.0 Å². The second-order valence-corrected chi connectivity index (χ2v) is 5.55. The first-order valence-corrected chi connectivity index (χ1v) is 7.37. The molecule has 0 atom stereocenters. The van der Waals surface area contributed by atoms with E-state index in [0.29, 0.717) is 5.82 Å². The predicted molar refractivity (Wildman–Crippen MR) is 79.2 cm³/mol. The predicted octanol–water partition coefficient (Wildman–Crippen LogP) is 2.61. The van der Waals surface area contributed by atoms with Gasteiger partial charge in [-0.25, -0.2) is 4.98 Å². The molecule has 0 unspecified atom stereocenters. The molecular weight excluding hydrogens is 327 g/mol. The second-order valence-electron chi connectivity index (χ2n) is 4.47. The van der Waals surface area contributed by atoms with Gasteiger partial charge in [0.1, 0.15) is 5.82 Å². The molecule has 0 aromatic carbocycles. The smallest absolute Gasteiger partial charge is 0.227 e. The first-order valence-electron chi connectivity index (χ1n) is 6.29. The number of halogens is 1. The molecule has 1 aliphatic rings. The molecule has 2 N–H and O–H groups in total. The number of piperidine rings is 1. The molecule has 0 aliphatic carbocycles. The van der Waals surface area contributed by atoms with Crippen LogP contribution in [0.15, 0.2) is 0 Å². The summed E-state index contributed by atoms with van der Waals surface area (Å²) < 4.78 is 1.02. The van der Waals surface area contributed by atoms with Crippen molar-refractivity contribution >= 4 is 34.4 Å². The highest BCUT2D eigenvalue weighted by Gasteiger charge is 2.16. The van der Waals surface area contributed by atoms with Gasteiger partial charge in [0.25, 0.3) is 0 Å². The van der Waals surface area contributed by atoms with Crippen molar-refractivity contribution in [1.82, 2.24) is 9.97 Å². The Bertz CT molecular complexity index is 388. The Kier molecular flexibility index (Phi) is 4.42. The van der Waals surface area contributed by atoms with Gasteiger partial charge in [0.2, 0.25) is 5.95 Å². The summed E-state index contributed by atoms with van der Waals surface area (Å²) in [5, 5.41) is 0. The molecule has 0 bridgehead atoms. The van der Waals surface area contributed by atoms with Gasteiger partial charge in [0.05, 0.1) is 9.26 Å². The van der Waals surface area contributed by atoms with Crippen LogP contribution < -0.4 is 10.6 Å². The maximum atomic E-state index is 5.97. The fourth-order valence-corrected chi connectivity index (χ4v) is 2.65. The van der Waals surface area contributed by atoms with Gasteiger partial charge >= 0.3 is 0 Å². The molecule has 0 amide bonds. The molecule has 1 saturated heterocycles. The van der Waals surface area contributed by atoms with Gasteiger partial charge in [0.15, 0.2) is 0 Å². The largest absolute Gasteiger partial charge is 0.383 e. The summed E-state index contributed by atoms with van der Waals surface area (Å²) in [6.07, 6.45) is 5.85. The van der Waals surface area contributed by atoms with Crippen LogP contribution in [0, 0.1) is 3.57 Å². The molecule has 2 rings (SSSR count). The first kappa shape index (κ1) is 12.9. The van der Waals surface area contributed by atoms with Crippen molar-refractivity contribution < 1.29 is 0 Å². The van der Waals surface area contributed by atoms with Crippen LogP contribution in [-0.4, -0.2) is 23.1 Å². The third-order valence-corrected chi connectivity index (χ3v) is 4.23. The summed E-state index contributed by atoms with van der Waals surface area (Å²) in [5.41, 5.74) is 7.07. The summed E-state index contributed by atoms with van der Waals surface area (Å²) in [7, 11) is 0. The van der Waals surface area contributed by atoms with E-state index in [-0.39, 0.29) is 0 Å². The highest BCUT2D eigenvalue weighted by atomic mass is 127. The van der Waals surface area contributed by atoms with E-state index in [0.717, 1.165) is 41.1 Å². The van der Waals surface area contributed by atoms with Crippen LogP contribution in [0.4, 0.5) is 11.8 Å². The number of nitrogens with zero attached hydrogens (tertiary/aromatic N) is 3. The van der Waals surface area contributed by atoms with Crippen LogP contribution in [0.5, 0.6) is 0 Å². The number of rotatable bonds is 3. The normalized spacial score (nSPS) is 16.2. The number of aromatic nitrogens is 2. The van der Waals surface area contributed by atoms with E-state index in [1.54, 1.807) is 0 Å². The van der Waals surface area contributed by atoms with Crippen LogP contribution >= 0.6 is 22.6 Å². The lowest BCUT2D eigenvalue weighted by atomic mass is 10.1. The summed E-state index contributed by atoms with van der Waals surface area (Å²) in [5.74, 6) is 1.45. The second kappa shape index (κ2) is 5.84. The minimum atomic E-state index is 0.629. The lowest BCUT2D eigenvalue weighted by Gasteiger charge is -2.27. The number of hydrogen-bond donors (Lipinski definition) is 1. The standard InChI is InChI=1S/C12H19IN4/c1-2-6-9-10(13)11(14)16-12(15-9)17-7-4-3-5-8-17/h2-8H2,1H3,(H2,14,15,16). The summed E-state index contributed by atoms with van der Waals surface area (Å²) >= 11 is 2.25. The third-order valence-electron chi connectivity index (χ3n) is 3.06. The number of nitrogen functional groups attached to an aromatic ring is 1. The molecule has 0 spiro atoms. The van der Waals surface area contributed by atoms with Crippen LogP contribution in [0.25, 0.3) is 0 Å². The maximum absolute atomic E-state index is 5.97. The molecular formula is C12H19IN4. The molecule has 0 saturated carbocycles. The van der Waals surface area contributed by atoms with E-state index < -0.39 is 0 Å². The van der Waals surface area contributed by atoms with E-state index in [9.17, 15) is 0 Å². The minimum Gasteiger partial charge on any atom is -0.383 e. The number of anilines is 2. The molecule has 5 heteroatoms. The van der Waals surface area contributed by atoms with Crippen molar-refractivity contribution in [1.29, 1.82) is 0 Å². The first-order chi connectivity index (χ1) is 8.22. The van der Waals surface area contributed by atoms with Crippen LogP contribution in [0.2, 0.25) is 0 Å². The summed E-state index contributed by atoms with van der Waals surface area (Å²) in [6.45, 7) is 4.28. The molecule has 2 heterocycles. The van der Waals surface area contributed by atoms with Crippen molar-refractivity contribution in [2.24, 2.45) is 0 Å². The SMILES string of the molecule is CCCc1nc(N2CCCCC2)nc(N)c1I. The lowest BCUT2D eigenvalue weighted by Crippen LogP contribution is -2.31. The van der Waals surface area contributed by atoms with Crippen molar-refractivity contribution in [3.8, 4) is 0 Å². The quantitative estimate of drug-likeness (QED) is 0.855. The Morgan fingerprint density at radius 2 is 1.94 bits per heavy atom. The van der Waals surface area contributed by atoms with E-state index >= 15 is 0 Å². The molecule has 17 heavy (non-hydrogen) atoms. The Morgan fingerprint density at radius 1 is 1.24 bits per heavy atom. The van der Waals surface area contributed by atoms with Crippen molar-refractivity contribution in [2.75, 3.05) is 23.7 Å². The monoisotopic (exact) mass is 346 g/mol. The molecule has 1 fully saturated rings. The molecule has 1 aromatic heterocycles. The van der Waals surface area contributed by atoms with Gasteiger partial charge in [-0.3, -0.25) is 0 Å². The van der Waals surface area contributed by atoms with Crippen LogP contribution in [-0.2, 0) is 6.42 Å². The molecule has 0 radical (unpaired) electrons. The van der Waals surface area contributed by atoms with E-state index in [2.05, 4.69) is 44.4 Å². The van der Waals surface area contributed by atoms with E-state index in [1.807, 2.05) is 0 Å². The number of hydrogen-bond acceptors (Lipinski definition) is 4. The molecule has 4 nitrogen and oxygen atoms in total. The zero-order valence-electron chi connectivity index (χ0n) is 10.2. The average Bonchev–Trinajstić information content (AvgIpc) is 2.36. The third kappa shape index (κ3) is 3.00. The van der Waals surface area contributed by atoms with Crippen molar-refractivity contribution in [3.63, 3.8) is 0 Å². The summed E-state index contributed by atoms with van der Waals surface area (Å²) in [6, 6.07) is 0. The maximum Gasteiger partial charge on any atom is 0.227 e. The minimum absolute atomic E-state index is 0.629. The highest BCUT2D eigenvalue weighted by molar-refractivity contribution is 14.1. The van der Waals surface area contributed by atoms with Crippen molar-refractivity contribution in [2.45, 2.75) is 39.0 Å². The molecule has 1 aliphatic heterocycles. The Hall–Kier alpha value is -0.590. The van der Waals surface area contributed by atoms with Crippen LogP contribution in [0.1, 0.15) is 38.3 Å². The Morgan fingerprint density at radius 3 is 2.59 bits per heavy atom. The fraction of sp³-hybridized carbons (Fsp3) is 0.667. The van der Waals surface area contributed by atoms with Gasteiger partial charge in [-0.2, -0.15) is 4.98 Å². The van der Waals surface area contributed by atoms with Gasteiger partial charge < -0.3 is 10.6 Å². The molecule has 94 valence electrons. The number of nitrogens with two attached hydrogens (primary N) is 1. The number of aryl methyl sites for hydroxylation is 1. The van der Waals surface area contributed by atoms with E-state index in [1.165, 1.54) is 19.3 Å². The van der Waals surface area contributed by atoms with Crippen LogP contribution in [0.3, 0.4) is 0 Å². The Balaban J connectivity index is 2.27. The molecule has 1 aromatic rings.